The molecular formula is C28H41FN4O4. The highest BCUT2D eigenvalue weighted by molar-refractivity contribution is 5.77. The first kappa shape index (κ1) is 27.6. The molecule has 2 aromatic rings. The third kappa shape index (κ3) is 7.10. The molecule has 9 heteroatoms. The minimum atomic E-state index is -0.783. The highest BCUT2D eigenvalue weighted by atomic mass is 19.1. The first-order chi connectivity index (χ1) is 17.8. The molecule has 0 spiro atoms. The van der Waals surface area contributed by atoms with Crippen molar-refractivity contribution in [3.63, 3.8) is 0 Å². The molecule has 2 saturated heterocycles. The highest BCUT2D eigenvalue weighted by Crippen LogP contribution is 2.28. The molecule has 0 N–H and O–H groups in total. The third-order valence-electron chi connectivity index (χ3n) is 7.56. The third-order valence-corrected chi connectivity index (χ3v) is 7.56. The maximum atomic E-state index is 13.4. The molecule has 4 rings (SSSR count). The summed E-state index contributed by atoms with van der Waals surface area (Å²) in [6.07, 6.45) is 0.251. The number of nitrogens with zero attached hydrogens (tertiary/aromatic N) is 4. The van der Waals surface area contributed by atoms with E-state index < -0.39 is 5.60 Å². The average Bonchev–Trinajstić information content (AvgIpc) is 3.14. The smallest absolute Gasteiger partial charge is 0.225 e. The zero-order valence-electron chi connectivity index (χ0n) is 22.7. The largest absolute Gasteiger partial charge is 0.491 e. The van der Waals surface area contributed by atoms with Crippen LogP contribution in [-0.4, -0.2) is 104 Å². The molecule has 1 unspecified atom stereocenters. The van der Waals surface area contributed by atoms with Gasteiger partial charge in [0.15, 0.2) is 0 Å². The molecule has 2 aliphatic heterocycles. The second kappa shape index (κ2) is 12.4. The van der Waals surface area contributed by atoms with Gasteiger partial charge in [-0.1, -0.05) is 0 Å². The van der Waals surface area contributed by atoms with Crippen LogP contribution in [0.3, 0.4) is 0 Å². The van der Waals surface area contributed by atoms with Gasteiger partial charge in [0.05, 0.1) is 19.6 Å². The normalized spacial score (nSPS) is 21.4. The molecular weight excluding hydrogens is 475 g/mol. The predicted octanol–water partition coefficient (Wildman–Crippen LogP) is 2.70. The monoisotopic (exact) mass is 516 g/mol. The Morgan fingerprint density at radius 3 is 2.54 bits per heavy atom. The van der Waals surface area contributed by atoms with E-state index in [9.17, 15) is 9.18 Å². The highest BCUT2D eigenvalue weighted by Gasteiger charge is 2.41. The van der Waals surface area contributed by atoms with Crippen LogP contribution >= 0.6 is 0 Å². The van der Waals surface area contributed by atoms with Crippen molar-refractivity contribution in [2.75, 3.05) is 73.2 Å². The van der Waals surface area contributed by atoms with E-state index in [1.54, 1.807) is 19.2 Å². The number of piperazine rings is 1. The van der Waals surface area contributed by atoms with E-state index in [-0.39, 0.29) is 24.8 Å². The lowest BCUT2D eigenvalue weighted by molar-refractivity contribution is -0.157. The molecule has 0 bridgehead atoms. The molecule has 1 aromatic carbocycles. The maximum absolute atomic E-state index is 13.4. The number of methoxy groups -OCH3 is 1. The Balaban J connectivity index is 1.49. The lowest BCUT2D eigenvalue weighted by Crippen LogP contribution is -2.58. The molecule has 3 heterocycles. The standard InChI is InChI=1S/C28H41FN4O4/c1-22-17-24(23(2)33(22)14-15-35-4)19-31-13-16-37-28(20-31,21-36-26-7-5-25(29)6-8-26)18-27(34)32-11-9-30(3)10-12-32/h5-8,17H,9-16,18-21H2,1-4H3. The number of carbonyl (C=O) groups is 1. The Bertz CT molecular complexity index is 1040. The second-order valence-corrected chi connectivity index (χ2v) is 10.4. The molecule has 8 nitrogen and oxygen atoms in total. The fraction of sp³-hybridized carbons (Fsp3) is 0.607. The van der Waals surface area contributed by atoms with Crippen molar-refractivity contribution in [3.8, 4) is 5.75 Å². The fourth-order valence-electron chi connectivity index (χ4n) is 5.29. The first-order valence-electron chi connectivity index (χ1n) is 13.1. The van der Waals surface area contributed by atoms with Gasteiger partial charge in [0, 0.05) is 70.9 Å². The Morgan fingerprint density at radius 1 is 1.11 bits per heavy atom. The number of ether oxygens (including phenoxy) is 3. The van der Waals surface area contributed by atoms with Crippen LogP contribution in [0.2, 0.25) is 0 Å². The number of hydrogen-bond donors (Lipinski definition) is 0. The minimum absolute atomic E-state index is 0.0930. The number of benzene rings is 1. The van der Waals surface area contributed by atoms with E-state index in [0.29, 0.717) is 25.5 Å². The molecule has 0 saturated carbocycles. The van der Waals surface area contributed by atoms with Gasteiger partial charge < -0.3 is 28.6 Å². The molecule has 2 fully saturated rings. The number of hydrogen-bond acceptors (Lipinski definition) is 6. The van der Waals surface area contributed by atoms with E-state index in [4.69, 9.17) is 14.2 Å². The summed E-state index contributed by atoms with van der Waals surface area (Å²) in [5, 5.41) is 0. The molecule has 37 heavy (non-hydrogen) atoms. The molecule has 1 amide bonds. The van der Waals surface area contributed by atoms with Crippen molar-refractivity contribution in [2.45, 2.75) is 39.0 Å². The Kier molecular flexibility index (Phi) is 9.23. The zero-order chi connectivity index (χ0) is 26.4. The van der Waals surface area contributed by atoms with E-state index in [2.05, 4.69) is 41.3 Å². The summed E-state index contributed by atoms with van der Waals surface area (Å²) in [6.45, 7) is 11.8. The minimum Gasteiger partial charge on any atom is -0.491 e. The molecule has 0 aliphatic carbocycles. The van der Waals surface area contributed by atoms with Crippen LogP contribution in [0.4, 0.5) is 4.39 Å². The number of aromatic nitrogens is 1. The fourth-order valence-corrected chi connectivity index (χ4v) is 5.29. The number of likely N-dealkylation sites (N-methyl/N-ethyl adjacent to an activating group) is 1. The van der Waals surface area contributed by atoms with E-state index in [1.807, 2.05) is 4.90 Å². The Labute approximate surface area is 219 Å². The van der Waals surface area contributed by atoms with Crippen LogP contribution < -0.4 is 4.74 Å². The molecule has 0 radical (unpaired) electrons. The lowest BCUT2D eigenvalue weighted by Gasteiger charge is -2.43. The van der Waals surface area contributed by atoms with Crippen molar-refractivity contribution < 1.29 is 23.4 Å². The summed E-state index contributed by atoms with van der Waals surface area (Å²) < 4.78 is 33.4. The van der Waals surface area contributed by atoms with Crippen molar-refractivity contribution in [3.05, 3.63) is 53.1 Å². The van der Waals surface area contributed by atoms with Gasteiger partial charge in [0.1, 0.15) is 23.8 Å². The van der Waals surface area contributed by atoms with E-state index in [1.165, 1.54) is 29.1 Å². The summed E-state index contributed by atoms with van der Waals surface area (Å²) in [5.74, 6) is 0.348. The number of rotatable bonds is 10. The predicted molar refractivity (Wildman–Crippen MR) is 140 cm³/mol. The summed E-state index contributed by atoms with van der Waals surface area (Å²) in [5.41, 5.74) is 2.94. The average molecular weight is 517 g/mol. The van der Waals surface area contributed by atoms with Crippen LogP contribution in [-0.2, 0) is 27.4 Å². The summed E-state index contributed by atoms with van der Waals surface area (Å²) >= 11 is 0. The Hall–Kier alpha value is -2.46. The molecule has 2 aliphatic rings. The summed E-state index contributed by atoms with van der Waals surface area (Å²) in [4.78, 5) is 19.9. The summed E-state index contributed by atoms with van der Waals surface area (Å²) in [7, 11) is 3.80. The topological polar surface area (TPSA) is 59.4 Å². The van der Waals surface area contributed by atoms with Crippen LogP contribution in [0.5, 0.6) is 5.75 Å². The van der Waals surface area contributed by atoms with Crippen molar-refractivity contribution in [1.82, 2.24) is 19.3 Å². The van der Waals surface area contributed by atoms with Crippen molar-refractivity contribution >= 4 is 5.91 Å². The zero-order valence-corrected chi connectivity index (χ0v) is 22.7. The lowest BCUT2D eigenvalue weighted by atomic mass is 9.96. The van der Waals surface area contributed by atoms with Gasteiger partial charge >= 0.3 is 0 Å². The first-order valence-corrected chi connectivity index (χ1v) is 13.1. The summed E-state index contributed by atoms with van der Waals surface area (Å²) in [6, 6.07) is 8.23. The quantitative estimate of drug-likeness (QED) is 0.484. The van der Waals surface area contributed by atoms with Gasteiger partial charge in [-0.15, -0.1) is 0 Å². The number of carbonyl (C=O) groups excluding carboxylic acids is 1. The maximum Gasteiger partial charge on any atom is 0.225 e. The van der Waals surface area contributed by atoms with Crippen molar-refractivity contribution in [1.29, 1.82) is 0 Å². The number of amides is 1. The second-order valence-electron chi connectivity index (χ2n) is 10.4. The molecule has 204 valence electrons. The van der Waals surface area contributed by atoms with Gasteiger partial charge in [0.25, 0.3) is 0 Å². The number of morpholine rings is 1. The van der Waals surface area contributed by atoms with Gasteiger partial charge in [-0.25, -0.2) is 4.39 Å². The van der Waals surface area contributed by atoms with Crippen molar-refractivity contribution in [2.24, 2.45) is 0 Å². The van der Waals surface area contributed by atoms with Gasteiger partial charge in [-0.3, -0.25) is 9.69 Å². The van der Waals surface area contributed by atoms with Gasteiger partial charge in [0.2, 0.25) is 5.91 Å². The molecule has 1 aromatic heterocycles. The molecule has 1 atom stereocenters. The van der Waals surface area contributed by atoms with E-state index >= 15 is 0 Å². The van der Waals surface area contributed by atoms with Crippen LogP contribution in [0.1, 0.15) is 23.4 Å². The van der Waals surface area contributed by atoms with E-state index in [0.717, 1.165) is 45.8 Å². The van der Waals surface area contributed by atoms with Crippen LogP contribution in [0.15, 0.2) is 30.3 Å². The van der Waals surface area contributed by atoms with Crippen LogP contribution in [0, 0.1) is 19.7 Å². The number of halogens is 1. The SMILES string of the molecule is COCCn1c(C)cc(CN2CCOC(COc3ccc(F)cc3)(CC(=O)N3CCN(C)CC3)C2)c1C. The van der Waals surface area contributed by atoms with Gasteiger partial charge in [-0.05, 0) is 56.8 Å². The van der Waals surface area contributed by atoms with Gasteiger partial charge in [-0.2, -0.15) is 0 Å². The Morgan fingerprint density at radius 2 is 1.84 bits per heavy atom. The van der Waals surface area contributed by atoms with Crippen LogP contribution in [0.25, 0.3) is 0 Å². The number of aryl methyl sites for hydroxylation is 1.